The van der Waals surface area contributed by atoms with E-state index in [0.717, 1.165) is 0 Å². The second kappa shape index (κ2) is 6.25. The summed E-state index contributed by atoms with van der Waals surface area (Å²) in [6.45, 7) is -1.71. The van der Waals surface area contributed by atoms with Crippen LogP contribution in [-0.2, 0) is 0 Å². The number of aliphatic hydroxyl groups excluding tert-OH is 6. The highest BCUT2D eigenvalue weighted by Gasteiger charge is 2.30. The third kappa shape index (κ3) is 3.55. The van der Waals surface area contributed by atoms with E-state index in [0.29, 0.717) is 0 Å². The maximum Gasteiger partial charge on any atom is 0.108 e. The minimum Gasteiger partial charge on any atom is -0.396 e. The van der Waals surface area contributed by atoms with E-state index >= 15 is 0 Å². The fourth-order valence-corrected chi connectivity index (χ4v) is 0.888. The second-order valence-electron chi connectivity index (χ2n) is 2.86. The molecule has 0 bridgehead atoms. The van der Waals surface area contributed by atoms with Gasteiger partial charge in [-0.05, 0) is 0 Å². The normalized spacial score (nSPS) is 18.7. The molecule has 6 N–H and O–H groups in total. The first kappa shape index (κ1) is 12.8. The van der Waals surface area contributed by atoms with E-state index in [4.69, 9.17) is 25.5 Å². The van der Waals surface area contributed by atoms with Crippen molar-refractivity contribution < 1.29 is 30.6 Å². The summed E-state index contributed by atoms with van der Waals surface area (Å²) in [6.07, 6.45) is -4.51. The highest BCUT2D eigenvalue weighted by atomic mass is 16.4. The van der Waals surface area contributed by atoms with Gasteiger partial charge in [0.2, 0.25) is 0 Å². The number of hydrogen-bond acceptors (Lipinski definition) is 6. The summed E-state index contributed by atoms with van der Waals surface area (Å²) >= 11 is 0. The third-order valence-corrected chi connectivity index (χ3v) is 1.88. The molecule has 0 aromatic rings. The fraction of sp³-hybridized carbons (Fsp3) is 1.00. The molecule has 0 rings (SSSR count). The van der Waals surface area contributed by atoms with E-state index in [1.54, 1.807) is 0 Å². The van der Waals surface area contributed by atoms with Crippen LogP contribution in [0.3, 0.4) is 0 Å². The Bertz CT molecular complexity index is 126. The smallest absolute Gasteiger partial charge is 0.108 e. The molecule has 6 heteroatoms. The molecule has 0 aromatic heterocycles. The van der Waals surface area contributed by atoms with Crippen molar-refractivity contribution in [2.24, 2.45) is 5.92 Å². The lowest BCUT2D eigenvalue weighted by atomic mass is 9.96. The predicted molar refractivity (Wildman–Crippen MR) is 42.8 cm³/mol. The molecule has 13 heavy (non-hydrogen) atoms. The first-order chi connectivity index (χ1) is 6.08. The molecule has 0 heterocycles. The van der Waals surface area contributed by atoms with E-state index < -0.39 is 44.1 Å². The first-order valence-corrected chi connectivity index (χ1v) is 3.95. The fourth-order valence-electron chi connectivity index (χ4n) is 0.888. The molecule has 0 radical (unpaired) electrons. The van der Waals surface area contributed by atoms with Crippen molar-refractivity contribution in [1.82, 2.24) is 0 Å². The number of rotatable bonds is 6. The topological polar surface area (TPSA) is 121 Å². The Morgan fingerprint density at radius 1 is 0.692 bits per heavy atom. The van der Waals surface area contributed by atoms with E-state index in [2.05, 4.69) is 0 Å². The Morgan fingerprint density at radius 2 is 1.15 bits per heavy atom. The van der Waals surface area contributed by atoms with Gasteiger partial charge in [-0.3, -0.25) is 0 Å². The van der Waals surface area contributed by atoms with Crippen molar-refractivity contribution in [2.45, 2.75) is 18.3 Å². The van der Waals surface area contributed by atoms with Gasteiger partial charge in [0, 0.05) is 5.92 Å². The predicted octanol–water partition coefficient (Wildman–Crippen LogP) is -3.34. The van der Waals surface area contributed by atoms with Gasteiger partial charge in [0.05, 0.1) is 25.9 Å². The van der Waals surface area contributed by atoms with Gasteiger partial charge in [-0.1, -0.05) is 0 Å². The SMILES string of the molecule is OCC(CO)[C@@H](O)[C@H](O)[C@H](O)CO. The Morgan fingerprint density at radius 3 is 1.46 bits per heavy atom. The lowest BCUT2D eigenvalue weighted by Crippen LogP contribution is -2.45. The lowest BCUT2D eigenvalue weighted by molar-refractivity contribution is -0.108. The van der Waals surface area contributed by atoms with Crippen LogP contribution in [0.1, 0.15) is 0 Å². The summed E-state index contributed by atoms with van der Waals surface area (Å²) < 4.78 is 0. The van der Waals surface area contributed by atoms with Crippen LogP contribution in [0.2, 0.25) is 0 Å². The van der Waals surface area contributed by atoms with Crippen LogP contribution in [0.5, 0.6) is 0 Å². The molecule has 0 saturated heterocycles. The number of hydrogen-bond donors (Lipinski definition) is 6. The molecule has 0 aromatic carbocycles. The van der Waals surface area contributed by atoms with Crippen molar-refractivity contribution in [3.05, 3.63) is 0 Å². The van der Waals surface area contributed by atoms with Crippen molar-refractivity contribution in [2.75, 3.05) is 19.8 Å². The minimum absolute atomic E-state index is 0.507. The van der Waals surface area contributed by atoms with E-state index in [1.807, 2.05) is 0 Å². The van der Waals surface area contributed by atoms with Gasteiger partial charge in [-0.25, -0.2) is 0 Å². The summed E-state index contributed by atoms with van der Waals surface area (Å²) in [7, 11) is 0. The average Bonchev–Trinajstić information content (AvgIpc) is 2.17. The van der Waals surface area contributed by atoms with Crippen molar-refractivity contribution >= 4 is 0 Å². The van der Waals surface area contributed by atoms with Gasteiger partial charge >= 0.3 is 0 Å². The largest absolute Gasteiger partial charge is 0.396 e. The molecule has 0 aliphatic rings. The van der Waals surface area contributed by atoms with E-state index in [9.17, 15) is 5.11 Å². The quantitative estimate of drug-likeness (QED) is 0.264. The number of aliphatic hydroxyl groups is 6. The van der Waals surface area contributed by atoms with Gasteiger partial charge < -0.3 is 30.6 Å². The monoisotopic (exact) mass is 196 g/mol. The highest BCUT2D eigenvalue weighted by Crippen LogP contribution is 2.09. The van der Waals surface area contributed by atoms with Gasteiger partial charge in [-0.2, -0.15) is 0 Å². The second-order valence-corrected chi connectivity index (χ2v) is 2.86. The van der Waals surface area contributed by atoms with E-state index in [1.165, 1.54) is 0 Å². The molecule has 0 unspecified atom stereocenters. The average molecular weight is 196 g/mol. The summed E-state index contributed by atoms with van der Waals surface area (Å²) in [5.74, 6) is -0.920. The zero-order valence-electron chi connectivity index (χ0n) is 7.11. The third-order valence-electron chi connectivity index (χ3n) is 1.88. The van der Waals surface area contributed by atoms with Crippen LogP contribution in [0.15, 0.2) is 0 Å². The molecule has 80 valence electrons. The first-order valence-electron chi connectivity index (χ1n) is 3.95. The molecule has 0 amide bonds. The van der Waals surface area contributed by atoms with Crippen LogP contribution < -0.4 is 0 Å². The molecule has 0 aliphatic heterocycles. The summed E-state index contributed by atoms with van der Waals surface area (Å²) in [5.41, 5.74) is 0. The van der Waals surface area contributed by atoms with Crippen LogP contribution in [0, 0.1) is 5.92 Å². The van der Waals surface area contributed by atoms with E-state index in [-0.39, 0.29) is 0 Å². The molecule has 0 spiro atoms. The van der Waals surface area contributed by atoms with Gasteiger partial charge in [0.1, 0.15) is 12.2 Å². The highest BCUT2D eigenvalue weighted by molar-refractivity contribution is 4.79. The molecular formula is C7H16O6. The zero-order chi connectivity index (χ0) is 10.4. The Kier molecular flexibility index (Phi) is 6.13. The molecule has 0 saturated carbocycles. The molecule has 0 aliphatic carbocycles. The molecule has 0 fully saturated rings. The summed E-state index contributed by atoms with van der Waals surface area (Å²) in [5, 5.41) is 53.0. The van der Waals surface area contributed by atoms with Crippen molar-refractivity contribution in [3.63, 3.8) is 0 Å². The van der Waals surface area contributed by atoms with Crippen LogP contribution in [0.4, 0.5) is 0 Å². The Balaban J connectivity index is 4.13. The molecule has 3 atom stereocenters. The van der Waals surface area contributed by atoms with Gasteiger partial charge in [0.15, 0.2) is 0 Å². The van der Waals surface area contributed by atoms with Crippen LogP contribution >= 0.6 is 0 Å². The molecular weight excluding hydrogens is 180 g/mol. The minimum atomic E-state index is -1.57. The van der Waals surface area contributed by atoms with Gasteiger partial charge in [-0.15, -0.1) is 0 Å². The van der Waals surface area contributed by atoms with Crippen molar-refractivity contribution in [3.8, 4) is 0 Å². The maximum atomic E-state index is 9.24. The summed E-state index contributed by atoms with van der Waals surface area (Å²) in [6, 6.07) is 0. The van der Waals surface area contributed by atoms with Crippen LogP contribution in [0.25, 0.3) is 0 Å². The van der Waals surface area contributed by atoms with Crippen LogP contribution in [-0.4, -0.2) is 68.8 Å². The Labute approximate surface area is 75.7 Å². The Hall–Kier alpha value is -0.240. The van der Waals surface area contributed by atoms with Gasteiger partial charge in [0.25, 0.3) is 0 Å². The summed E-state index contributed by atoms with van der Waals surface area (Å²) in [4.78, 5) is 0. The lowest BCUT2D eigenvalue weighted by Gasteiger charge is -2.26. The molecule has 6 nitrogen and oxygen atoms in total. The zero-order valence-corrected chi connectivity index (χ0v) is 7.11. The maximum absolute atomic E-state index is 9.24. The van der Waals surface area contributed by atoms with Crippen molar-refractivity contribution in [1.29, 1.82) is 0 Å². The standard InChI is InChI=1S/C7H16O6/c8-1-4(2-9)6(12)7(13)5(11)3-10/h4-13H,1-3H2/t5-,6-,7-/m1/s1.